The van der Waals surface area contributed by atoms with E-state index in [1.807, 2.05) is 0 Å². The summed E-state index contributed by atoms with van der Waals surface area (Å²) in [5.41, 5.74) is 1.55. The molecule has 1 rings (SSSR count). The van der Waals surface area contributed by atoms with E-state index in [0.717, 1.165) is 24.5 Å². The maximum atomic E-state index is 13.4. The highest BCUT2D eigenvalue weighted by Crippen LogP contribution is 2.17. The molecule has 0 aromatic heterocycles. The summed E-state index contributed by atoms with van der Waals surface area (Å²) in [4.78, 5) is 0. The molecule has 0 atom stereocenters. The quantitative estimate of drug-likeness (QED) is 0.461. The molecular weight excluding hydrogens is 218 g/mol. The maximum Gasteiger partial charge on any atom is 0.129 e. The van der Waals surface area contributed by atoms with Crippen molar-refractivity contribution in [2.45, 2.75) is 45.4 Å². The number of hydrogen-bond donors (Lipinski definition) is 0. The Morgan fingerprint density at radius 1 is 1.18 bits per heavy atom. The van der Waals surface area contributed by atoms with E-state index >= 15 is 0 Å². The summed E-state index contributed by atoms with van der Waals surface area (Å²) >= 11 is 0. The monoisotopic (exact) mass is 238 g/mol. The molecule has 0 heterocycles. The van der Waals surface area contributed by atoms with Gasteiger partial charge in [0.1, 0.15) is 11.6 Å². The Morgan fingerprint density at radius 3 is 2.59 bits per heavy atom. The number of hydrogen-bond acceptors (Lipinski definition) is 0. The van der Waals surface area contributed by atoms with E-state index in [1.165, 1.54) is 31.4 Å². The predicted molar refractivity (Wildman–Crippen MR) is 68.0 cm³/mol. The molecule has 0 nitrogen and oxygen atoms in total. The zero-order valence-electron chi connectivity index (χ0n) is 10.4. The van der Waals surface area contributed by atoms with Gasteiger partial charge in [0.15, 0.2) is 0 Å². The first kappa shape index (κ1) is 13.9. The van der Waals surface area contributed by atoms with Crippen LogP contribution in [-0.2, 0) is 6.42 Å². The van der Waals surface area contributed by atoms with Crippen molar-refractivity contribution in [3.05, 3.63) is 47.5 Å². The second-order valence-electron chi connectivity index (χ2n) is 4.47. The van der Waals surface area contributed by atoms with Gasteiger partial charge in [0, 0.05) is 6.07 Å². The van der Waals surface area contributed by atoms with Crippen LogP contribution in [0.15, 0.2) is 30.4 Å². The molecule has 0 saturated carbocycles. The SMILES string of the molecule is C=C(CCCCCC)Cc1ccc(F)cc1F. The number of allylic oxidation sites excluding steroid dienone is 1. The van der Waals surface area contributed by atoms with Crippen molar-refractivity contribution in [1.82, 2.24) is 0 Å². The van der Waals surface area contributed by atoms with E-state index < -0.39 is 11.6 Å². The molecule has 0 unspecified atom stereocenters. The highest BCUT2D eigenvalue weighted by atomic mass is 19.1. The van der Waals surface area contributed by atoms with E-state index in [9.17, 15) is 8.78 Å². The molecule has 94 valence electrons. The van der Waals surface area contributed by atoms with Gasteiger partial charge in [-0.2, -0.15) is 0 Å². The van der Waals surface area contributed by atoms with Crippen LogP contribution in [-0.4, -0.2) is 0 Å². The minimum atomic E-state index is -0.528. The molecule has 17 heavy (non-hydrogen) atoms. The van der Waals surface area contributed by atoms with Gasteiger partial charge in [0.05, 0.1) is 0 Å². The summed E-state index contributed by atoms with van der Waals surface area (Å²) in [6.07, 6.45) is 6.18. The first-order valence-electron chi connectivity index (χ1n) is 6.24. The summed E-state index contributed by atoms with van der Waals surface area (Å²) in [7, 11) is 0. The second kappa shape index (κ2) is 7.21. The van der Waals surface area contributed by atoms with Crippen LogP contribution in [0.25, 0.3) is 0 Å². The largest absolute Gasteiger partial charge is 0.207 e. The molecule has 1 aromatic carbocycles. The van der Waals surface area contributed by atoms with Crippen molar-refractivity contribution in [1.29, 1.82) is 0 Å². The zero-order valence-corrected chi connectivity index (χ0v) is 10.4. The van der Waals surface area contributed by atoms with Gasteiger partial charge < -0.3 is 0 Å². The summed E-state index contributed by atoms with van der Waals surface area (Å²) in [6.45, 7) is 6.12. The summed E-state index contributed by atoms with van der Waals surface area (Å²) in [5, 5.41) is 0. The number of benzene rings is 1. The van der Waals surface area contributed by atoms with Crippen molar-refractivity contribution in [2.24, 2.45) is 0 Å². The molecule has 0 aliphatic rings. The van der Waals surface area contributed by atoms with Gasteiger partial charge in [-0.15, -0.1) is 0 Å². The fraction of sp³-hybridized carbons (Fsp3) is 0.467. The summed E-state index contributed by atoms with van der Waals surface area (Å²) < 4.78 is 26.1. The number of halogens is 2. The van der Waals surface area contributed by atoms with E-state index in [4.69, 9.17) is 0 Å². The lowest BCUT2D eigenvalue weighted by Crippen LogP contribution is -1.95. The van der Waals surface area contributed by atoms with Gasteiger partial charge in [0.2, 0.25) is 0 Å². The van der Waals surface area contributed by atoms with Crippen molar-refractivity contribution in [3.8, 4) is 0 Å². The van der Waals surface area contributed by atoms with Crippen LogP contribution in [0.3, 0.4) is 0 Å². The molecule has 0 N–H and O–H groups in total. The van der Waals surface area contributed by atoms with Crippen molar-refractivity contribution in [2.75, 3.05) is 0 Å². The Bertz CT molecular complexity index is 369. The molecule has 0 saturated heterocycles. The van der Waals surface area contributed by atoms with Gasteiger partial charge in [0.25, 0.3) is 0 Å². The molecule has 0 fully saturated rings. The third-order valence-corrected chi connectivity index (χ3v) is 2.84. The first-order chi connectivity index (χ1) is 8.13. The van der Waals surface area contributed by atoms with Crippen LogP contribution >= 0.6 is 0 Å². The molecule has 0 spiro atoms. The van der Waals surface area contributed by atoms with Crippen molar-refractivity contribution in [3.63, 3.8) is 0 Å². The Labute approximate surface area is 102 Å². The fourth-order valence-electron chi connectivity index (χ4n) is 1.82. The topological polar surface area (TPSA) is 0 Å². The Morgan fingerprint density at radius 2 is 1.94 bits per heavy atom. The van der Waals surface area contributed by atoms with Gasteiger partial charge in [-0.25, -0.2) is 8.78 Å². The van der Waals surface area contributed by atoms with Crippen LogP contribution in [0.1, 0.15) is 44.6 Å². The summed E-state index contributed by atoms with van der Waals surface area (Å²) in [5.74, 6) is -1.00. The number of rotatable bonds is 7. The molecule has 0 radical (unpaired) electrons. The smallest absolute Gasteiger partial charge is 0.129 e. The Hall–Kier alpha value is -1.18. The minimum Gasteiger partial charge on any atom is -0.207 e. The van der Waals surface area contributed by atoms with E-state index in [0.29, 0.717) is 12.0 Å². The Balaban J connectivity index is 2.40. The highest BCUT2D eigenvalue weighted by molar-refractivity contribution is 5.23. The average Bonchev–Trinajstić information content (AvgIpc) is 2.28. The fourth-order valence-corrected chi connectivity index (χ4v) is 1.82. The lowest BCUT2D eigenvalue weighted by Gasteiger charge is -2.07. The molecule has 2 heteroatoms. The third kappa shape index (κ3) is 5.12. The van der Waals surface area contributed by atoms with E-state index in [1.54, 1.807) is 0 Å². The molecule has 0 aliphatic heterocycles. The van der Waals surface area contributed by atoms with Crippen LogP contribution in [0, 0.1) is 11.6 Å². The second-order valence-corrected chi connectivity index (χ2v) is 4.47. The standard InChI is InChI=1S/C15H20F2/c1-3-4-5-6-7-12(2)10-13-8-9-14(16)11-15(13)17/h8-9,11H,2-7,10H2,1H3. The lowest BCUT2D eigenvalue weighted by molar-refractivity contribution is 0.573. The van der Waals surface area contributed by atoms with Crippen molar-refractivity contribution >= 4 is 0 Å². The van der Waals surface area contributed by atoms with Gasteiger partial charge in [-0.3, -0.25) is 0 Å². The normalized spacial score (nSPS) is 10.5. The van der Waals surface area contributed by atoms with E-state index in [-0.39, 0.29) is 0 Å². The van der Waals surface area contributed by atoms with Crippen LogP contribution < -0.4 is 0 Å². The zero-order chi connectivity index (χ0) is 12.7. The molecular formula is C15H20F2. The summed E-state index contributed by atoms with van der Waals surface area (Å²) in [6, 6.07) is 3.73. The molecule has 0 aliphatic carbocycles. The van der Waals surface area contributed by atoms with Crippen LogP contribution in [0.5, 0.6) is 0 Å². The average molecular weight is 238 g/mol. The van der Waals surface area contributed by atoms with E-state index in [2.05, 4.69) is 13.5 Å². The third-order valence-electron chi connectivity index (χ3n) is 2.84. The maximum absolute atomic E-state index is 13.4. The predicted octanol–water partition coefficient (Wildman–Crippen LogP) is 5.03. The number of unbranched alkanes of at least 4 members (excludes halogenated alkanes) is 3. The molecule has 0 bridgehead atoms. The Kier molecular flexibility index (Phi) is 5.88. The molecule has 0 amide bonds. The lowest BCUT2D eigenvalue weighted by atomic mass is 10.0. The first-order valence-corrected chi connectivity index (χ1v) is 6.24. The van der Waals surface area contributed by atoms with Gasteiger partial charge in [-0.1, -0.05) is 44.4 Å². The van der Waals surface area contributed by atoms with Gasteiger partial charge >= 0.3 is 0 Å². The van der Waals surface area contributed by atoms with Crippen LogP contribution in [0.4, 0.5) is 8.78 Å². The van der Waals surface area contributed by atoms with Gasteiger partial charge in [-0.05, 0) is 30.9 Å². The highest BCUT2D eigenvalue weighted by Gasteiger charge is 2.05. The van der Waals surface area contributed by atoms with Crippen LogP contribution in [0.2, 0.25) is 0 Å². The minimum absolute atomic E-state index is 0.472. The molecule has 1 aromatic rings. The van der Waals surface area contributed by atoms with Crippen molar-refractivity contribution < 1.29 is 8.78 Å².